The Balaban J connectivity index is 1.74. The molecule has 0 bridgehead atoms. The maximum absolute atomic E-state index is 12.6. The Hall–Kier alpha value is -2.94. The van der Waals surface area contributed by atoms with E-state index in [1.165, 1.54) is 6.07 Å². The maximum atomic E-state index is 12.6. The summed E-state index contributed by atoms with van der Waals surface area (Å²) in [5.41, 5.74) is 0.179. The summed E-state index contributed by atoms with van der Waals surface area (Å²) in [5.74, 6) is -0.581. The number of halogens is 4. The average Bonchev–Trinajstić information content (AvgIpc) is 2.64. The molecule has 0 radical (unpaired) electrons. The van der Waals surface area contributed by atoms with Crippen molar-refractivity contribution in [2.24, 2.45) is 0 Å². The van der Waals surface area contributed by atoms with Gasteiger partial charge in [-0.2, -0.15) is 18.3 Å². The highest BCUT2D eigenvalue weighted by Crippen LogP contribution is 2.29. The van der Waals surface area contributed by atoms with Crippen LogP contribution in [0.5, 0.6) is 0 Å². The molecule has 3 rings (SSSR count). The lowest BCUT2D eigenvalue weighted by atomic mass is 10.1. The summed E-state index contributed by atoms with van der Waals surface area (Å²) < 4.78 is 39.6. The average molecular weight is 452 g/mol. The number of anilines is 1. The van der Waals surface area contributed by atoms with E-state index in [4.69, 9.17) is 0 Å². The van der Waals surface area contributed by atoms with Crippen LogP contribution in [0, 0.1) is 0 Å². The van der Waals surface area contributed by atoms with E-state index in [0.717, 1.165) is 39.0 Å². The van der Waals surface area contributed by atoms with E-state index in [9.17, 15) is 22.8 Å². The van der Waals surface area contributed by atoms with Gasteiger partial charge in [-0.25, -0.2) is 4.68 Å². The van der Waals surface area contributed by atoms with Crippen molar-refractivity contribution in [3.63, 3.8) is 0 Å². The second-order valence-electron chi connectivity index (χ2n) is 5.84. The first kappa shape index (κ1) is 19.8. The van der Waals surface area contributed by atoms with E-state index < -0.39 is 23.2 Å². The summed E-state index contributed by atoms with van der Waals surface area (Å²) in [7, 11) is 0. The fraction of sp³-hybridized carbons (Fsp3) is 0.105. The molecule has 3 aromatic rings. The minimum Gasteiger partial charge on any atom is -0.324 e. The summed E-state index contributed by atoms with van der Waals surface area (Å²) in [4.78, 5) is 24.2. The highest BCUT2D eigenvalue weighted by atomic mass is 79.9. The van der Waals surface area contributed by atoms with E-state index in [1.807, 2.05) is 24.3 Å². The zero-order valence-electron chi connectivity index (χ0n) is 14.2. The van der Waals surface area contributed by atoms with Crippen molar-refractivity contribution in [2.45, 2.75) is 12.7 Å². The van der Waals surface area contributed by atoms with Gasteiger partial charge in [0.15, 0.2) is 0 Å². The van der Waals surface area contributed by atoms with E-state index in [0.29, 0.717) is 5.69 Å². The number of aromatic nitrogens is 2. The number of hydrogen-bond donors (Lipinski definition) is 1. The van der Waals surface area contributed by atoms with Gasteiger partial charge >= 0.3 is 6.18 Å². The number of amides is 1. The first-order chi connectivity index (χ1) is 13.2. The molecule has 1 amide bonds. The summed E-state index contributed by atoms with van der Waals surface area (Å²) in [6.45, 7) is -0.371. The number of alkyl halides is 3. The molecule has 0 saturated carbocycles. The van der Waals surface area contributed by atoms with Crippen molar-refractivity contribution in [3.05, 3.63) is 81.1 Å². The van der Waals surface area contributed by atoms with Gasteiger partial charge in [0.25, 0.3) is 5.56 Å². The predicted molar refractivity (Wildman–Crippen MR) is 102 cm³/mol. The SMILES string of the molecule is O=C(Cn1nc(-c2ccc(Br)cc2)ccc1=O)Nc1ccc(C(F)(F)F)cc1. The Labute approximate surface area is 165 Å². The fourth-order valence-corrected chi connectivity index (χ4v) is 2.68. The molecule has 0 saturated heterocycles. The molecular weight excluding hydrogens is 439 g/mol. The molecule has 0 fully saturated rings. The summed E-state index contributed by atoms with van der Waals surface area (Å²) in [6, 6.07) is 14.2. The van der Waals surface area contributed by atoms with E-state index >= 15 is 0 Å². The zero-order valence-corrected chi connectivity index (χ0v) is 15.8. The van der Waals surface area contributed by atoms with Gasteiger partial charge in [0.2, 0.25) is 5.91 Å². The Kier molecular flexibility index (Phi) is 5.64. The quantitative estimate of drug-likeness (QED) is 0.641. The Morgan fingerprint density at radius 2 is 1.64 bits per heavy atom. The molecule has 9 heteroatoms. The molecule has 1 N–H and O–H groups in total. The molecule has 0 spiro atoms. The van der Waals surface area contributed by atoms with Crippen molar-refractivity contribution >= 4 is 27.5 Å². The van der Waals surface area contributed by atoms with Gasteiger partial charge < -0.3 is 5.32 Å². The first-order valence-corrected chi connectivity index (χ1v) is 8.83. The molecule has 144 valence electrons. The molecule has 0 unspecified atom stereocenters. The molecule has 0 aliphatic rings. The lowest BCUT2D eigenvalue weighted by Gasteiger charge is -2.10. The minimum absolute atomic E-state index is 0.190. The number of carbonyl (C=O) groups excluding carboxylic acids is 1. The van der Waals surface area contributed by atoms with Crippen molar-refractivity contribution in [1.82, 2.24) is 9.78 Å². The van der Waals surface area contributed by atoms with Crippen LogP contribution in [-0.2, 0) is 17.5 Å². The summed E-state index contributed by atoms with van der Waals surface area (Å²) >= 11 is 3.33. The molecular formula is C19H13BrF3N3O2. The van der Waals surface area contributed by atoms with Crippen LogP contribution >= 0.6 is 15.9 Å². The molecule has 1 aromatic heterocycles. The Morgan fingerprint density at radius 3 is 2.25 bits per heavy atom. The third-order valence-corrected chi connectivity index (χ3v) is 4.32. The van der Waals surface area contributed by atoms with Gasteiger partial charge in [0.1, 0.15) is 6.54 Å². The number of nitrogens with zero attached hydrogens (tertiary/aromatic N) is 2. The molecule has 0 aliphatic carbocycles. The van der Waals surface area contributed by atoms with E-state index in [-0.39, 0.29) is 12.2 Å². The number of nitrogens with one attached hydrogen (secondary N) is 1. The van der Waals surface area contributed by atoms with Crippen molar-refractivity contribution < 1.29 is 18.0 Å². The first-order valence-electron chi connectivity index (χ1n) is 8.03. The van der Waals surface area contributed by atoms with Crippen LogP contribution in [0.15, 0.2) is 69.9 Å². The molecule has 1 heterocycles. The second kappa shape index (κ2) is 7.97. The number of carbonyl (C=O) groups is 1. The monoisotopic (exact) mass is 451 g/mol. The van der Waals surface area contributed by atoms with Crippen molar-refractivity contribution in [2.75, 3.05) is 5.32 Å². The fourth-order valence-electron chi connectivity index (χ4n) is 2.42. The highest BCUT2D eigenvalue weighted by Gasteiger charge is 2.29. The summed E-state index contributed by atoms with van der Waals surface area (Å²) in [6.07, 6.45) is -4.45. The molecule has 0 atom stereocenters. The van der Waals surface area contributed by atoms with Gasteiger partial charge in [-0.05, 0) is 42.5 Å². The van der Waals surface area contributed by atoms with Gasteiger partial charge in [-0.1, -0.05) is 28.1 Å². The number of benzene rings is 2. The smallest absolute Gasteiger partial charge is 0.324 e. The highest BCUT2D eigenvalue weighted by molar-refractivity contribution is 9.10. The lowest BCUT2D eigenvalue weighted by Crippen LogP contribution is -2.29. The van der Waals surface area contributed by atoms with Crippen LogP contribution in [0.3, 0.4) is 0 Å². The van der Waals surface area contributed by atoms with Crippen molar-refractivity contribution in [1.29, 1.82) is 0 Å². The second-order valence-corrected chi connectivity index (χ2v) is 6.76. The molecule has 28 heavy (non-hydrogen) atoms. The normalized spacial score (nSPS) is 11.3. The lowest BCUT2D eigenvalue weighted by molar-refractivity contribution is -0.137. The third-order valence-electron chi connectivity index (χ3n) is 3.80. The van der Waals surface area contributed by atoms with Crippen LogP contribution in [0.2, 0.25) is 0 Å². The van der Waals surface area contributed by atoms with Crippen LogP contribution in [0.25, 0.3) is 11.3 Å². The van der Waals surface area contributed by atoms with Crippen LogP contribution < -0.4 is 10.9 Å². The maximum Gasteiger partial charge on any atom is 0.416 e. The minimum atomic E-state index is -4.45. The Bertz CT molecular complexity index is 1050. The number of hydrogen-bond acceptors (Lipinski definition) is 3. The van der Waals surface area contributed by atoms with E-state index in [2.05, 4.69) is 26.3 Å². The zero-order chi connectivity index (χ0) is 20.3. The standard InChI is InChI=1S/C19H13BrF3N3O2/c20-14-5-1-12(2-6-14)16-9-10-18(28)26(25-16)11-17(27)24-15-7-3-13(4-8-15)19(21,22)23/h1-10H,11H2,(H,24,27). The van der Waals surface area contributed by atoms with Gasteiger partial charge in [0, 0.05) is 21.8 Å². The van der Waals surface area contributed by atoms with Crippen LogP contribution in [0.1, 0.15) is 5.56 Å². The third kappa shape index (κ3) is 4.86. The molecule has 0 aliphatic heterocycles. The van der Waals surface area contributed by atoms with Gasteiger partial charge in [0.05, 0.1) is 11.3 Å². The summed E-state index contributed by atoms with van der Waals surface area (Å²) in [5, 5.41) is 6.63. The van der Waals surface area contributed by atoms with E-state index in [1.54, 1.807) is 6.07 Å². The topological polar surface area (TPSA) is 64.0 Å². The predicted octanol–water partition coefficient (Wildman–Crippen LogP) is 4.33. The Morgan fingerprint density at radius 1 is 1.00 bits per heavy atom. The molecule has 5 nitrogen and oxygen atoms in total. The van der Waals surface area contributed by atoms with Crippen LogP contribution in [0.4, 0.5) is 18.9 Å². The van der Waals surface area contributed by atoms with Crippen molar-refractivity contribution in [3.8, 4) is 11.3 Å². The largest absolute Gasteiger partial charge is 0.416 e. The number of rotatable bonds is 4. The van der Waals surface area contributed by atoms with Gasteiger partial charge in [-0.3, -0.25) is 9.59 Å². The van der Waals surface area contributed by atoms with Crippen LogP contribution in [-0.4, -0.2) is 15.7 Å². The van der Waals surface area contributed by atoms with Gasteiger partial charge in [-0.15, -0.1) is 0 Å². The molecule has 2 aromatic carbocycles.